The van der Waals surface area contributed by atoms with Crippen LogP contribution in [0.4, 0.5) is 11.4 Å². The van der Waals surface area contributed by atoms with Gasteiger partial charge in [0.25, 0.3) is 5.91 Å². The summed E-state index contributed by atoms with van der Waals surface area (Å²) in [4.78, 5) is 22.8. The lowest BCUT2D eigenvalue weighted by Gasteiger charge is -2.12. The van der Waals surface area contributed by atoms with Gasteiger partial charge < -0.3 is 14.8 Å². The van der Waals surface area contributed by atoms with Gasteiger partial charge in [-0.1, -0.05) is 6.07 Å². The Bertz CT molecular complexity index is 1060. The second-order valence-corrected chi connectivity index (χ2v) is 6.32. The Morgan fingerprint density at radius 3 is 2.63 bits per heavy atom. The minimum absolute atomic E-state index is 0.261. The zero-order valence-corrected chi connectivity index (χ0v) is 16.9. The molecule has 0 aliphatic heterocycles. The molecule has 0 bridgehead atoms. The maximum Gasteiger partial charge on any atom is 0.320 e. The zero-order valence-electron chi connectivity index (χ0n) is 16.9. The largest absolute Gasteiger partial charge is 0.490 e. The highest BCUT2D eigenvalue weighted by molar-refractivity contribution is 6.05. The Hall–Kier alpha value is -3.89. The standard InChI is InChI=1S/C19H22N6O5/c1-4-29-16-7-6-13(8-17(16)30-5-2)10-24-11-14(9-20-24)21-19(26)18-15(25(27)28)12-23(3)22-18/h6-9,11-12H,4-5,10H2,1-3H3,(H,21,26). The number of amides is 1. The van der Waals surface area contributed by atoms with Gasteiger partial charge in [-0.2, -0.15) is 10.2 Å². The summed E-state index contributed by atoms with van der Waals surface area (Å²) < 4.78 is 14.0. The smallest absolute Gasteiger partial charge is 0.320 e. The Morgan fingerprint density at radius 2 is 1.93 bits per heavy atom. The second kappa shape index (κ2) is 9.07. The molecule has 0 saturated heterocycles. The van der Waals surface area contributed by atoms with Crippen LogP contribution in [0.25, 0.3) is 0 Å². The molecule has 0 unspecified atom stereocenters. The SMILES string of the molecule is CCOc1ccc(Cn2cc(NC(=O)c3nn(C)cc3[N+](=O)[O-])cn2)cc1OCC. The van der Waals surface area contributed by atoms with E-state index in [0.717, 1.165) is 5.56 Å². The van der Waals surface area contributed by atoms with Gasteiger partial charge in [-0.15, -0.1) is 0 Å². The van der Waals surface area contributed by atoms with Crippen molar-refractivity contribution in [1.29, 1.82) is 0 Å². The van der Waals surface area contributed by atoms with Gasteiger partial charge in [-0.25, -0.2) is 0 Å². The molecule has 2 aromatic heterocycles. The van der Waals surface area contributed by atoms with E-state index in [-0.39, 0.29) is 11.4 Å². The van der Waals surface area contributed by atoms with Crippen LogP contribution in [0.3, 0.4) is 0 Å². The number of hydrogen-bond donors (Lipinski definition) is 1. The lowest BCUT2D eigenvalue weighted by Crippen LogP contribution is -2.14. The topological polar surface area (TPSA) is 126 Å². The minimum Gasteiger partial charge on any atom is -0.490 e. The van der Waals surface area contributed by atoms with Crippen LogP contribution in [0.1, 0.15) is 29.9 Å². The highest BCUT2D eigenvalue weighted by atomic mass is 16.6. The third-order valence-electron chi connectivity index (χ3n) is 4.06. The van der Waals surface area contributed by atoms with E-state index >= 15 is 0 Å². The van der Waals surface area contributed by atoms with Crippen molar-refractivity contribution >= 4 is 17.3 Å². The first kappa shape index (κ1) is 20.8. The fraction of sp³-hybridized carbons (Fsp3) is 0.316. The number of aromatic nitrogens is 4. The fourth-order valence-electron chi connectivity index (χ4n) is 2.86. The quantitative estimate of drug-likeness (QED) is 0.421. The molecule has 1 aromatic carbocycles. The van der Waals surface area contributed by atoms with E-state index in [0.29, 0.717) is 36.9 Å². The molecular weight excluding hydrogens is 392 g/mol. The van der Waals surface area contributed by atoms with Gasteiger partial charge in [-0.05, 0) is 31.5 Å². The number of anilines is 1. The average Bonchev–Trinajstić information content (AvgIpc) is 3.30. The summed E-state index contributed by atoms with van der Waals surface area (Å²) >= 11 is 0. The minimum atomic E-state index is -0.679. The van der Waals surface area contributed by atoms with Crippen LogP contribution in [0, 0.1) is 10.1 Å². The molecule has 11 nitrogen and oxygen atoms in total. The molecular formula is C19H22N6O5. The van der Waals surface area contributed by atoms with Crippen molar-refractivity contribution in [3.8, 4) is 11.5 Å². The predicted octanol–water partition coefficient (Wildman–Crippen LogP) is 2.62. The number of ether oxygens (including phenoxy) is 2. The molecule has 1 amide bonds. The molecule has 3 aromatic rings. The molecule has 0 fully saturated rings. The number of aryl methyl sites for hydroxylation is 1. The van der Waals surface area contributed by atoms with Crippen molar-refractivity contribution in [2.24, 2.45) is 7.05 Å². The molecule has 2 heterocycles. The maximum atomic E-state index is 12.4. The van der Waals surface area contributed by atoms with E-state index in [4.69, 9.17) is 9.47 Å². The molecule has 0 radical (unpaired) electrons. The van der Waals surface area contributed by atoms with Gasteiger partial charge in [0.05, 0.1) is 36.6 Å². The lowest BCUT2D eigenvalue weighted by molar-refractivity contribution is -0.385. The summed E-state index contributed by atoms with van der Waals surface area (Å²) in [5.74, 6) is 0.648. The van der Waals surface area contributed by atoms with Crippen LogP contribution in [0.5, 0.6) is 11.5 Å². The Morgan fingerprint density at radius 1 is 1.20 bits per heavy atom. The fourth-order valence-corrected chi connectivity index (χ4v) is 2.86. The third kappa shape index (κ3) is 4.74. The second-order valence-electron chi connectivity index (χ2n) is 6.32. The van der Waals surface area contributed by atoms with E-state index in [1.165, 1.54) is 24.1 Å². The summed E-state index contributed by atoms with van der Waals surface area (Å²) in [5.41, 5.74) is 0.711. The van der Waals surface area contributed by atoms with Crippen molar-refractivity contribution in [1.82, 2.24) is 19.6 Å². The van der Waals surface area contributed by atoms with Crippen molar-refractivity contribution in [2.75, 3.05) is 18.5 Å². The summed E-state index contributed by atoms with van der Waals surface area (Å²) in [5, 5.41) is 21.7. The number of hydrogen-bond acceptors (Lipinski definition) is 7. The van der Waals surface area contributed by atoms with Gasteiger partial charge in [0.2, 0.25) is 5.69 Å². The first-order valence-electron chi connectivity index (χ1n) is 9.31. The molecule has 3 rings (SSSR count). The zero-order chi connectivity index (χ0) is 21.7. The molecule has 1 N–H and O–H groups in total. The number of benzene rings is 1. The Labute approximate surface area is 172 Å². The average molecular weight is 414 g/mol. The van der Waals surface area contributed by atoms with Crippen LogP contribution in [-0.4, -0.2) is 43.6 Å². The summed E-state index contributed by atoms with van der Waals surface area (Å²) in [6.07, 6.45) is 4.27. The predicted molar refractivity (Wildman–Crippen MR) is 108 cm³/mol. The molecule has 0 aliphatic rings. The number of carbonyl (C=O) groups is 1. The van der Waals surface area contributed by atoms with Gasteiger partial charge in [0.15, 0.2) is 11.5 Å². The molecule has 0 saturated carbocycles. The number of nitrogens with zero attached hydrogens (tertiary/aromatic N) is 5. The molecule has 0 spiro atoms. The van der Waals surface area contributed by atoms with Crippen LogP contribution >= 0.6 is 0 Å². The van der Waals surface area contributed by atoms with Crippen molar-refractivity contribution < 1.29 is 19.2 Å². The van der Waals surface area contributed by atoms with Crippen molar-refractivity contribution in [3.05, 3.63) is 58.2 Å². The summed E-state index contributed by atoms with van der Waals surface area (Å²) in [6, 6.07) is 5.63. The summed E-state index contributed by atoms with van der Waals surface area (Å²) in [6.45, 7) is 5.29. The van der Waals surface area contributed by atoms with Gasteiger partial charge in [0, 0.05) is 13.2 Å². The van der Waals surface area contributed by atoms with Gasteiger partial charge in [0.1, 0.15) is 6.20 Å². The normalized spacial score (nSPS) is 10.6. The third-order valence-corrected chi connectivity index (χ3v) is 4.06. The molecule has 0 atom stereocenters. The van der Waals surface area contributed by atoms with Crippen LogP contribution in [0.2, 0.25) is 0 Å². The Balaban J connectivity index is 1.72. The van der Waals surface area contributed by atoms with Gasteiger partial charge in [-0.3, -0.25) is 24.3 Å². The van der Waals surface area contributed by atoms with E-state index in [9.17, 15) is 14.9 Å². The summed E-state index contributed by atoms with van der Waals surface area (Å²) in [7, 11) is 1.51. The van der Waals surface area contributed by atoms with E-state index in [1.807, 2.05) is 32.0 Å². The van der Waals surface area contributed by atoms with Crippen molar-refractivity contribution in [3.63, 3.8) is 0 Å². The number of nitro groups is 1. The monoisotopic (exact) mass is 414 g/mol. The molecule has 158 valence electrons. The molecule has 0 aliphatic carbocycles. The van der Waals surface area contributed by atoms with Gasteiger partial charge >= 0.3 is 5.69 Å². The van der Waals surface area contributed by atoms with Crippen LogP contribution in [-0.2, 0) is 13.6 Å². The highest BCUT2D eigenvalue weighted by Gasteiger charge is 2.25. The lowest BCUT2D eigenvalue weighted by atomic mass is 10.2. The maximum absolute atomic E-state index is 12.4. The van der Waals surface area contributed by atoms with Crippen LogP contribution in [0.15, 0.2) is 36.8 Å². The first-order chi connectivity index (χ1) is 14.4. The molecule has 30 heavy (non-hydrogen) atoms. The van der Waals surface area contributed by atoms with E-state index < -0.39 is 10.8 Å². The molecule has 11 heteroatoms. The number of nitrogens with one attached hydrogen (secondary N) is 1. The van der Waals surface area contributed by atoms with Crippen LogP contribution < -0.4 is 14.8 Å². The number of rotatable bonds is 9. The first-order valence-corrected chi connectivity index (χ1v) is 9.31. The number of carbonyl (C=O) groups excluding carboxylic acids is 1. The van der Waals surface area contributed by atoms with E-state index in [2.05, 4.69) is 15.5 Å². The highest BCUT2D eigenvalue weighted by Crippen LogP contribution is 2.29. The Kier molecular flexibility index (Phi) is 6.30. The van der Waals surface area contributed by atoms with E-state index in [1.54, 1.807) is 10.9 Å². The van der Waals surface area contributed by atoms with Crippen molar-refractivity contribution in [2.45, 2.75) is 20.4 Å².